The van der Waals surface area contributed by atoms with Crippen molar-refractivity contribution in [1.29, 1.82) is 0 Å². The van der Waals surface area contributed by atoms with Crippen LogP contribution in [0.15, 0.2) is 18.2 Å². The van der Waals surface area contributed by atoms with Crippen LogP contribution in [-0.2, 0) is 0 Å². The maximum absolute atomic E-state index is 5.72. The van der Waals surface area contributed by atoms with Gasteiger partial charge in [0.15, 0.2) is 0 Å². The van der Waals surface area contributed by atoms with E-state index in [0.29, 0.717) is 6.04 Å². The summed E-state index contributed by atoms with van der Waals surface area (Å²) in [5, 5.41) is 3.52. The summed E-state index contributed by atoms with van der Waals surface area (Å²) in [7, 11) is 0. The van der Waals surface area contributed by atoms with Crippen LogP contribution >= 0.6 is 34.4 Å². The summed E-state index contributed by atoms with van der Waals surface area (Å²) in [5.41, 5.74) is 7.73. The molecule has 0 aromatic heterocycles. The highest BCUT2D eigenvalue weighted by molar-refractivity contribution is 14.1. The number of thioether (sulfide) groups is 1. The number of nitrogens with one attached hydrogen (secondary N) is 1. The molecule has 0 aliphatic rings. The number of hydrogen-bond donors (Lipinski definition) is 2. The third kappa shape index (κ3) is 4.82. The van der Waals surface area contributed by atoms with E-state index in [2.05, 4.69) is 47.8 Å². The zero-order valence-corrected chi connectivity index (χ0v) is 12.8. The van der Waals surface area contributed by atoms with Crippen LogP contribution in [0.2, 0.25) is 0 Å². The van der Waals surface area contributed by atoms with Crippen molar-refractivity contribution in [2.75, 3.05) is 22.6 Å². The molecule has 4 heteroatoms. The second-order valence-electron chi connectivity index (χ2n) is 3.77. The molecular formula is C12H19IN2S. The Labute approximate surface area is 116 Å². The van der Waals surface area contributed by atoms with E-state index in [1.807, 2.05) is 23.9 Å². The van der Waals surface area contributed by atoms with Gasteiger partial charge in [-0.25, -0.2) is 0 Å². The van der Waals surface area contributed by atoms with Crippen molar-refractivity contribution in [3.05, 3.63) is 21.8 Å². The Bertz CT molecular complexity index is 331. The fourth-order valence-corrected chi connectivity index (χ4v) is 2.89. The molecule has 3 N–H and O–H groups in total. The van der Waals surface area contributed by atoms with Gasteiger partial charge in [0, 0.05) is 21.0 Å². The number of rotatable bonds is 6. The van der Waals surface area contributed by atoms with Crippen LogP contribution in [0.4, 0.5) is 11.4 Å². The lowest BCUT2D eigenvalue weighted by molar-refractivity contribution is 0.771. The maximum Gasteiger partial charge on any atom is 0.0479 e. The number of anilines is 2. The van der Waals surface area contributed by atoms with Crippen molar-refractivity contribution in [3.8, 4) is 0 Å². The monoisotopic (exact) mass is 350 g/mol. The van der Waals surface area contributed by atoms with Crippen molar-refractivity contribution in [3.63, 3.8) is 0 Å². The van der Waals surface area contributed by atoms with E-state index in [0.717, 1.165) is 5.69 Å². The van der Waals surface area contributed by atoms with E-state index >= 15 is 0 Å². The highest BCUT2D eigenvalue weighted by Gasteiger charge is 2.04. The topological polar surface area (TPSA) is 38.0 Å². The molecule has 0 aliphatic carbocycles. The first kappa shape index (κ1) is 14.0. The number of nitrogens with two attached hydrogens (primary N) is 1. The van der Waals surface area contributed by atoms with Gasteiger partial charge in [0.05, 0.1) is 0 Å². The lowest BCUT2D eigenvalue weighted by Crippen LogP contribution is -2.16. The number of hydrogen-bond acceptors (Lipinski definition) is 3. The smallest absolute Gasteiger partial charge is 0.0479 e. The largest absolute Gasteiger partial charge is 0.399 e. The molecule has 0 aliphatic heterocycles. The van der Waals surface area contributed by atoms with Gasteiger partial charge in [0.2, 0.25) is 0 Å². The average Bonchev–Trinajstić information content (AvgIpc) is 2.23. The summed E-state index contributed by atoms with van der Waals surface area (Å²) in [6, 6.07) is 6.51. The van der Waals surface area contributed by atoms with Crippen molar-refractivity contribution in [1.82, 2.24) is 0 Å². The van der Waals surface area contributed by atoms with Crippen LogP contribution in [0.5, 0.6) is 0 Å². The van der Waals surface area contributed by atoms with E-state index in [1.54, 1.807) is 0 Å². The van der Waals surface area contributed by atoms with Gasteiger partial charge in [-0.3, -0.25) is 0 Å². The fourth-order valence-electron chi connectivity index (χ4n) is 1.39. The minimum absolute atomic E-state index is 0.510. The third-order valence-corrected chi connectivity index (χ3v) is 4.12. The molecule has 1 atom stereocenters. The van der Waals surface area contributed by atoms with E-state index in [9.17, 15) is 0 Å². The third-order valence-electron chi connectivity index (χ3n) is 2.29. The molecule has 1 aromatic rings. The Kier molecular flexibility index (Phi) is 6.34. The second kappa shape index (κ2) is 7.27. The highest BCUT2D eigenvalue weighted by atomic mass is 127. The summed E-state index contributed by atoms with van der Waals surface area (Å²) in [5.74, 6) is 2.42. The molecule has 0 radical (unpaired) electrons. The number of nitrogen functional groups attached to an aromatic ring is 1. The lowest BCUT2D eigenvalue weighted by atomic mass is 10.2. The van der Waals surface area contributed by atoms with Crippen LogP contribution in [0.1, 0.15) is 20.3 Å². The van der Waals surface area contributed by atoms with E-state index in [4.69, 9.17) is 5.73 Å². The predicted molar refractivity (Wildman–Crippen MR) is 84.3 cm³/mol. The summed E-state index contributed by atoms with van der Waals surface area (Å²) >= 11 is 4.31. The van der Waals surface area contributed by atoms with Gasteiger partial charge in [-0.05, 0) is 65.6 Å². The lowest BCUT2D eigenvalue weighted by Gasteiger charge is -2.16. The normalized spacial score (nSPS) is 12.4. The molecule has 1 aromatic carbocycles. The molecule has 90 valence electrons. The zero-order chi connectivity index (χ0) is 12.0. The number of benzene rings is 1. The van der Waals surface area contributed by atoms with E-state index in [1.165, 1.54) is 27.2 Å². The Morgan fingerprint density at radius 2 is 2.25 bits per heavy atom. The van der Waals surface area contributed by atoms with Gasteiger partial charge in [-0.15, -0.1) is 0 Å². The molecule has 0 fully saturated rings. The Morgan fingerprint density at radius 1 is 1.50 bits per heavy atom. The highest BCUT2D eigenvalue weighted by Crippen LogP contribution is 2.22. The predicted octanol–water partition coefficient (Wildman–Crippen LogP) is 3.82. The molecular weight excluding hydrogens is 331 g/mol. The van der Waals surface area contributed by atoms with Crippen LogP contribution in [-0.4, -0.2) is 17.5 Å². The Hall–Kier alpha value is -0.100. The van der Waals surface area contributed by atoms with Gasteiger partial charge in [-0.2, -0.15) is 11.8 Å². The molecule has 0 saturated carbocycles. The Morgan fingerprint density at radius 3 is 2.88 bits per heavy atom. The van der Waals surface area contributed by atoms with Gasteiger partial charge >= 0.3 is 0 Å². The summed E-state index contributed by atoms with van der Waals surface area (Å²) < 4.78 is 1.19. The van der Waals surface area contributed by atoms with Gasteiger partial charge in [0.25, 0.3) is 0 Å². The van der Waals surface area contributed by atoms with Crippen LogP contribution in [0.25, 0.3) is 0 Å². The van der Waals surface area contributed by atoms with Crippen molar-refractivity contribution in [2.24, 2.45) is 0 Å². The van der Waals surface area contributed by atoms with Crippen LogP contribution in [0, 0.1) is 3.57 Å². The standard InChI is InChI=1S/C12H19IN2S/c1-3-16-7-6-9(2)15-12-5-4-10(14)8-11(12)13/h4-5,8-9,15H,3,6-7,14H2,1-2H3. The van der Waals surface area contributed by atoms with Gasteiger partial charge in [0.1, 0.15) is 0 Å². The average molecular weight is 350 g/mol. The zero-order valence-electron chi connectivity index (χ0n) is 9.79. The molecule has 0 spiro atoms. The molecule has 0 bridgehead atoms. The first-order chi connectivity index (χ1) is 7.63. The van der Waals surface area contributed by atoms with E-state index in [-0.39, 0.29) is 0 Å². The Balaban J connectivity index is 2.46. The first-order valence-corrected chi connectivity index (χ1v) is 7.76. The van der Waals surface area contributed by atoms with Gasteiger partial charge in [-0.1, -0.05) is 6.92 Å². The van der Waals surface area contributed by atoms with Crippen LogP contribution in [0.3, 0.4) is 0 Å². The van der Waals surface area contributed by atoms with Crippen LogP contribution < -0.4 is 11.1 Å². The molecule has 0 saturated heterocycles. The second-order valence-corrected chi connectivity index (χ2v) is 6.33. The summed E-state index contributed by atoms with van der Waals surface area (Å²) in [6.45, 7) is 4.42. The molecule has 0 heterocycles. The summed E-state index contributed by atoms with van der Waals surface area (Å²) in [6.07, 6.45) is 1.19. The molecule has 1 rings (SSSR count). The minimum atomic E-state index is 0.510. The van der Waals surface area contributed by atoms with Crippen molar-refractivity contribution in [2.45, 2.75) is 26.3 Å². The number of halogens is 1. The van der Waals surface area contributed by atoms with Crippen molar-refractivity contribution >= 4 is 45.7 Å². The molecule has 16 heavy (non-hydrogen) atoms. The quantitative estimate of drug-likeness (QED) is 0.465. The minimum Gasteiger partial charge on any atom is -0.399 e. The maximum atomic E-state index is 5.72. The molecule has 1 unspecified atom stereocenters. The van der Waals surface area contributed by atoms with Gasteiger partial charge < -0.3 is 11.1 Å². The fraction of sp³-hybridized carbons (Fsp3) is 0.500. The van der Waals surface area contributed by atoms with E-state index < -0.39 is 0 Å². The first-order valence-electron chi connectivity index (χ1n) is 5.52. The molecule has 0 amide bonds. The van der Waals surface area contributed by atoms with Crippen molar-refractivity contribution < 1.29 is 0 Å². The summed E-state index contributed by atoms with van der Waals surface area (Å²) in [4.78, 5) is 0. The molecule has 2 nitrogen and oxygen atoms in total. The SMILES string of the molecule is CCSCCC(C)Nc1ccc(N)cc1I.